The Hall–Kier alpha value is -2.31. The molecule has 3 aliphatic rings. The Morgan fingerprint density at radius 1 is 0.905 bits per heavy atom. The van der Waals surface area contributed by atoms with E-state index in [4.69, 9.17) is 0 Å². The summed E-state index contributed by atoms with van der Waals surface area (Å²) < 4.78 is 1.42. The first kappa shape index (κ1) is 34.2. The molecule has 0 saturated heterocycles. The molecule has 0 N–H and O–H groups in total. The monoisotopic (exact) mass is 667 g/mol. The predicted octanol–water partition coefficient (Wildman–Crippen LogP) is 2.14. The van der Waals surface area contributed by atoms with Gasteiger partial charge in [-0.15, -0.1) is 33.7 Å². The first-order chi connectivity index (χ1) is 19.4. The van der Waals surface area contributed by atoms with Gasteiger partial charge >= 0.3 is 99.2 Å². The Bertz CT molecular complexity index is 1610. The summed E-state index contributed by atoms with van der Waals surface area (Å²) in [5.74, 6) is 0. The summed E-state index contributed by atoms with van der Waals surface area (Å²) in [7, 11) is 0. The Morgan fingerprint density at radius 3 is 2.10 bits per heavy atom. The third-order valence-corrected chi connectivity index (χ3v) is 9.53. The number of rotatable bonds is 7. The summed E-state index contributed by atoms with van der Waals surface area (Å²) in [5, 5.41) is 2.74. The van der Waals surface area contributed by atoms with Crippen LogP contribution in [-0.2, 0) is 30.7 Å². The van der Waals surface area contributed by atoms with Crippen LogP contribution >= 0.6 is 0 Å². The van der Waals surface area contributed by atoms with Gasteiger partial charge in [0.05, 0.1) is 0 Å². The Kier molecular flexibility index (Phi) is 12.6. The van der Waals surface area contributed by atoms with Gasteiger partial charge in [0.2, 0.25) is 0 Å². The van der Waals surface area contributed by atoms with E-state index in [2.05, 4.69) is 137 Å². The van der Waals surface area contributed by atoms with Crippen molar-refractivity contribution >= 4 is 14.9 Å². The normalized spacial score (nSPS) is 17.7. The number of benzene rings is 3. The molecule has 3 aromatic rings. The van der Waals surface area contributed by atoms with Crippen LogP contribution in [0.5, 0.6) is 0 Å². The van der Waals surface area contributed by atoms with Gasteiger partial charge < -0.3 is 24.8 Å². The van der Waals surface area contributed by atoms with E-state index in [1.54, 1.807) is 0 Å². The van der Waals surface area contributed by atoms with Gasteiger partial charge in [0.1, 0.15) is 0 Å². The van der Waals surface area contributed by atoms with Crippen molar-refractivity contribution in [2.75, 3.05) is 0 Å². The second kappa shape index (κ2) is 15.4. The fourth-order valence-corrected chi connectivity index (χ4v) is 7.15. The van der Waals surface area contributed by atoms with Crippen molar-refractivity contribution in [2.45, 2.75) is 59.8 Å². The van der Waals surface area contributed by atoms with Crippen molar-refractivity contribution in [3.8, 4) is 0 Å². The van der Waals surface area contributed by atoms with E-state index in [9.17, 15) is 0 Å². The Morgan fingerprint density at radius 2 is 1.55 bits per heavy atom. The maximum absolute atomic E-state index is 3.84. The van der Waals surface area contributed by atoms with Gasteiger partial charge in [-0.1, -0.05) is 92.3 Å². The Balaban J connectivity index is 0.000000258. The van der Waals surface area contributed by atoms with Crippen LogP contribution in [0.4, 0.5) is 0 Å². The molecule has 0 radical (unpaired) electrons. The van der Waals surface area contributed by atoms with Gasteiger partial charge in [-0.3, -0.25) is 0 Å². The molecule has 1 atom stereocenters. The number of hydrogen-bond donors (Lipinski definition) is 0. The first-order valence-electron chi connectivity index (χ1n) is 14.7. The first-order valence-corrected chi connectivity index (χ1v) is 16.0. The third kappa shape index (κ3) is 7.25. The molecule has 0 amide bonds. The SMILES string of the molecule is CCCc1cc(C)cc2c1=C1C=CC(C)(CCC)C(C3=CC=CC3)=C1[C-]=2.[Cl-].[Cl-].[Zr+2]=[C](c1ccccc1)c1ccccc1. The van der Waals surface area contributed by atoms with Gasteiger partial charge in [-0.25, -0.2) is 0 Å². The number of allylic oxidation sites excluding steroid dienone is 8. The fraction of sp³-hybridized carbons (Fsp3) is 0.256. The van der Waals surface area contributed by atoms with E-state index in [1.807, 2.05) is 0 Å². The van der Waals surface area contributed by atoms with Crippen molar-refractivity contribution in [1.82, 2.24) is 0 Å². The van der Waals surface area contributed by atoms with E-state index in [-0.39, 0.29) is 30.2 Å². The van der Waals surface area contributed by atoms with Crippen LogP contribution in [0, 0.1) is 12.3 Å². The van der Waals surface area contributed by atoms with Crippen LogP contribution < -0.4 is 35.3 Å². The standard InChI is InChI=1S/C26H29.C13H10.2ClH.Zr/c1-5-9-20-15-18(3)16-21-17-23-22(24(20)21)12-14-26(4,13-6-2)25(23)19-10-7-8-11-19;1-3-7-12(8-4-1)11-13-9-5-2-6-10-13;;;/h7-8,10,12,14-16H,5-6,9,11,13H2,1-4H3;1-10H;2*1H;/q-1;;;;+2/p-2. The minimum absolute atomic E-state index is 0. The summed E-state index contributed by atoms with van der Waals surface area (Å²) >= 11 is 1.46. The molecule has 0 nitrogen and oxygen atoms in total. The summed E-state index contributed by atoms with van der Waals surface area (Å²) in [6, 6.07) is 25.8. The van der Waals surface area contributed by atoms with Gasteiger partial charge in [0, 0.05) is 0 Å². The van der Waals surface area contributed by atoms with Crippen molar-refractivity contribution in [1.29, 1.82) is 0 Å². The van der Waals surface area contributed by atoms with Crippen LogP contribution in [0.15, 0.2) is 120 Å². The molecule has 3 aromatic carbocycles. The van der Waals surface area contributed by atoms with Crippen LogP contribution in [0.3, 0.4) is 0 Å². The second-order valence-electron chi connectivity index (χ2n) is 11.3. The summed E-state index contributed by atoms with van der Waals surface area (Å²) in [4.78, 5) is 0. The van der Waals surface area contributed by atoms with Crippen LogP contribution in [0.1, 0.15) is 68.7 Å². The van der Waals surface area contributed by atoms with Gasteiger partial charge in [-0.2, -0.15) is 0 Å². The second-order valence-corrected chi connectivity index (χ2v) is 12.5. The molecule has 42 heavy (non-hydrogen) atoms. The van der Waals surface area contributed by atoms with Gasteiger partial charge in [0.25, 0.3) is 0 Å². The van der Waals surface area contributed by atoms with Crippen molar-refractivity contribution in [2.24, 2.45) is 5.41 Å². The molecule has 6 rings (SSSR count). The molecule has 0 aromatic heterocycles. The van der Waals surface area contributed by atoms with E-state index >= 15 is 0 Å². The summed E-state index contributed by atoms with van der Waals surface area (Å²) in [5.41, 5.74) is 11.4. The average Bonchev–Trinajstić information content (AvgIpc) is 3.62. The topological polar surface area (TPSA) is 0 Å². The average molecular weight is 670 g/mol. The summed E-state index contributed by atoms with van der Waals surface area (Å²) in [6.45, 7) is 9.19. The molecular formula is C39H39Cl2Zr-. The molecule has 0 fully saturated rings. The van der Waals surface area contributed by atoms with E-state index in [1.165, 1.54) is 102 Å². The molecule has 0 aliphatic heterocycles. The zero-order valence-electron chi connectivity index (χ0n) is 25.1. The van der Waals surface area contributed by atoms with Gasteiger partial charge in [0.15, 0.2) is 0 Å². The minimum atomic E-state index is 0. The van der Waals surface area contributed by atoms with Crippen LogP contribution in [-0.4, -0.2) is 3.21 Å². The Labute approximate surface area is 279 Å². The zero-order valence-corrected chi connectivity index (χ0v) is 29.1. The molecule has 0 spiro atoms. The van der Waals surface area contributed by atoms with Gasteiger partial charge in [-0.05, 0) is 31.6 Å². The van der Waals surface area contributed by atoms with E-state index in [0.29, 0.717) is 0 Å². The van der Waals surface area contributed by atoms with E-state index in [0.717, 1.165) is 12.8 Å². The van der Waals surface area contributed by atoms with Crippen molar-refractivity contribution in [3.63, 3.8) is 0 Å². The fourth-order valence-electron chi connectivity index (χ4n) is 6.34. The third-order valence-electron chi connectivity index (χ3n) is 8.11. The molecule has 0 saturated carbocycles. The number of aryl methyl sites for hydroxylation is 2. The molecule has 0 bridgehead atoms. The van der Waals surface area contributed by atoms with Crippen LogP contribution in [0.25, 0.3) is 11.6 Å². The molecule has 0 heterocycles. The summed E-state index contributed by atoms with van der Waals surface area (Å²) in [6.07, 6.45) is 21.3. The maximum atomic E-state index is 3.84. The molecule has 3 heteroatoms. The number of halogens is 2. The number of hydrogen-bond acceptors (Lipinski definition) is 0. The quantitative estimate of drug-likeness (QED) is 0.339. The molecular weight excluding hydrogens is 631 g/mol. The molecule has 1 unspecified atom stereocenters. The predicted molar refractivity (Wildman–Crippen MR) is 168 cm³/mol. The molecule has 3 aliphatic carbocycles. The van der Waals surface area contributed by atoms with E-state index < -0.39 is 0 Å². The molecule has 214 valence electrons. The van der Waals surface area contributed by atoms with Crippen molar-refractivity contribution < 1.29 is 49.0 Å². The van der Waals surface area contributed by atoms with Crippen LogP contribution in [0.2, 0.25) is 0 Å². The van der Waals surface area contributed by atoms with Crippen molar-refractivity contribution in [3.05, 3.63) is 153 Å². The zero-order chi connectivity index (χ0) is 28.1. The number of fused-ring (bicyclic) bond motifs is 2.